The van der Waals surface area contributed by atoms with Gasteiger partial charge in [0.25, 0.3) is 10.1 Å². The molecule has 0 rings (SSSR count). The van der Waals surface area contributed by atoms with Gasteiger partial charge in [0.05, 0.1) is 11.9 Å². The van der Waals surface area contributed by atoms with E-state index in [-0.39, 0.29) is 11.9 Å². The summed E-state index contributed by atoms with van der Waals surface area (Å²) in [4.78, 5) is 0. The Labute approximate surface area is 73.7 Å². The third-order valence-corrected chi connectivity index (χ3v) is 2.14. The maximum absolute atomic E-state index is 10.3. The van der Waals surface area contributed by atoms with E-state index in [1.54, 1.807) is 6.92 Å². The molecule has 0 fully saturated rings. The minimum atomic E-state index is -3.82. The van der Waals surface area contributed by atoms with Crippen LogP contribution in [0.15, 0.2) is 0 Å². The zero-order chi connectivity index (χ0) is 9.61. The van der Waals surface area contributed by atoms with Gasteiger partial charge in [-0.1, -0.05) is 6.92 Å². The van der Waals surface area contributed by atoms with Crippen molar-refractivity contribution in [3.63, 3.8) is 0 Å². The number of hydrogen-bond donors (Lipinski definition) is 1. The van der Waals surface area contributed by atoms with Crippen molar-refractivity contribution in [3.05, 3.63) is 0 Å². The van der Waals surface area contributed by atoms with Crippen molar-refractivity contribution in [2.45, 2.75) is 32.8 Å². The summed E-state index contributed by atoms with van der Waals surface area (Å²) in [6, 6.07) is 0. The molecule has 12 heavy (non-hydrogen) atoms. The predicted octanol–water partition coefficient (Wildman–Crippen LogP) is 1.08. The van der Waals surface area contributed by atoms with Crippen LogP contribution in [0.25, 0.3) is 0 Å². The Hall–Kier alpha value is -0.130. The monoisotopic (exact) mass is 196 g/mol. The summed E-state index contributed by atoms with van der Waals surface area (Å²) in [5.74, 6) is -0.224. The molecular weight excluding hydrogens is 180 g/mol. The quantitative estimate of drug-likeness (QED) is 0.646. The fourth-order valence-electron chi connectivity index (χ4n) is 0.717. The Bertz CT molecular complexity index is 197. The summed E-state index contributed by atoms with van der Waals surface area (Å²) in [5, 5.41) is 0. The van der Waals surface area contributed by atoms with Gasteiger partial charge in [0, 0.05) is 6.61 Å². The molecule has 0 aliphatic rings. The van der Waals surface area contributed by atoms with E-state index < -0.39 is 10.1 Å². The van der Waals surface area contributed by atoms with Crippen molar-refractivity contribution < 1.29 is 17.7 Å². The van der Waals surface area contributed by atoms with E-state index in [0.717, 1.165) is 6.42 Å². The van der Waals surface area contributed by atoms with Crippen LogP contribution in [-0.2, 0) is 14.9 Å². The summed E-state index contributed by atoms with van der Waals surface area (Å²) < 4.78 is 34.2. The van der Waals surface area contributed by atoms with Gasteiger partial charge in [0.15, 0.2) is 0 Å². The van der Waals surface area contributed by atoms with Crippen LogP contribution in [0.5, 0.6) is 0 Å². The SMILES string of the molecule is CCCOC(C)CCS(=O)(=O)O. The molecule has 0 amide bonds. The molecule has 1 N–H and O–H groups in total. The maximum Gasteiger partial charge on any atom is 0.264 e. The minimum absolute atomic E-state index is 0.105. The summed E-state index contributed by atoms with van der Waals surface area (Å²) >= 11 is 0. The number of rotatable bonds is 6. The summed E-state index contributed by atoms with van der Waals surface area (Å²) in [7, 11) is -3.82. The van der Waals surface area contributed by atoms with Crippen molar-refractivity contribution >= 4 is 10.1 Å². The zero-order valence-corrected chi connectivity index (χ0v) is 8.30. The molecule has 0 spiro atoms. The Balaban J connectivity index is 3.51. The highest BCUT2D eigenvalue weighted by molar-refractivity contribution is 7.85. The molecule has 1 unspecified atom stereocenters. The lowest BCUT2D eigenvalue weighted by atomic mass is 10.3. The van der Waals surface area contributed by atoms with Gasteiger partial charge in [-0.15, -0.1) is 0 Å². The smallest absolute Gasteiger partial charge is 0.264 e. The topological polar surface area (TPSA) is 63.6 Å². The lowest BCUT2D eigenvalue weighted by Crippen LogP contribution is -2.15. The van der Waals surface area contributed by atoms with Gasteiger partial charge < -0.3 is 4.74 Å². The summed E-state index contributed by atoms with van der Waals surface area (Å²) in [6.45, 7) is 4.41. The molecule has 0 aromatic rings. The van der Waals surface area contributed by atoms with E-state index in [1.165, 1.54) is 0 Å². The second kappa shape index (κ2) is 5.50. The van der Waals surface area contributed by atoms with Crippen LogP contribution in [0.2, 0.25) is 0 Å². The zero-order valence-electron chi connectivity index (χ0n) is 7.49. The van der Waals surface area contributed by atoms with Gasteiger partial charge in [-0.3, -0.25) is 4.55 Å². The van der Waals surface area contributed by atoms with Crippen molar-refractivity contribution in [2.24, 2.45) is 0 Å². The van der Waals surface area contributed by atoms with Gasteiger partial charge >= 0.3 is 0 Å². The van der Waals surface area contributed by atoms with E-state index >= 15 is 0 Å². The van der Waals surface area contributed by atoms with Crippen LogP contribution in [0.4, 0.5) is 0 Å². The van der Waals surface area contributed by atoms with Gasteiger partial charge in [-0.05, 0) is 19.8 Å². The highest BCUT2D eigenvalue weighted by Gasteiger charge is 2.08. The van der Waals surface area contributed by atoms with Crippen LogP contribution in [0, 0.1) is 0 Å². The van der Waals surface area contributed by atoms with E-state index in [9.17, 15) is 8.42 Å². The average Bonchev–Trinajstić information content (AvgIpc) is 1.95. The molecule has 0 aromatic heterocycles. The first-order chi connectivity index (χ1) is 5.45. The van der Waals surface area contributed by atoms with Gasteiger partial charge in [-0.25, -0.2) is 0 Å². The molecule has 0 radical (unpaired) electrons. The summed E-state index contributed by atoms with van der Waals surface area (Å²) in [6.07, 6.45) is 1.15. The normalized spacial score (nSPS) is 14.6. The fraction of sp³-hybridized carbons (Fsp3) is 1.00. The second-order valence-corrected chi connectivity index (χ2v) is 4.33. The van der Waals surface area contributed by atoms with E-state index in [1.807, 2.05) is 6.92 Å². The molecule has 4 nitrogen and oxygen atoms in total. The van der Waals surface area contributed by atoms with Gasteiger partial charge in [0.2, 0.25) is 0 Å². The molecule has 0 aliphatic heterocycles. The Morgan fingerprint density at radius 3 is 2.50 bits per heavy atom. The van der Waals surface area contributed by atoms with Crippen molar-refractivity contribution in [3.8, 4) is 0 Å². The van der Waals surface area contributed by atoms with Crippen LogP contribution in [0.3, 0.4) is 0 Å². The van der Waals surface area contributed by atoms with Gasteiger partial charge in [0.1, 0.15) is 0 Å². The third-order valence-electron chi connectivity index (χ3n) is 1.39. The minimum Gasteiger partial charge on any atom is -0.378 e. The molecule has 5 heteroatoms. The van der Waals surface area contributed by atoms with Crippen LogP contribution in [-0.4, -0.2) is 31.4 Å². The molecule has 1 atom stereocenters. The maximum atomic E-state index is 10.3. The first kappa shape index (κ1) is 11.9. The van der Waals surface area contributed by atoms with Crippen molar-refractivity contribution in [1.29, 1.82) is 0 Å². The third kappa shape index (κ3) is 7.97. The molecule has 0 aliphatic carbocycles. The number of hydrogen-bond acceptors (Lipinski definition) is 3. The van der Waals surface area contributed by atoms with Crippen LogP contribution >= 0.6 is 0 Å². The van der Waals surface area contributed by atoms with Crippen LogP contribution < -0.4 is 0 Å². The lowest BCUT2D eigenvalue weighted by molar-refractivity contribution is 0.0644. The average molecular weight is 196 g/mol. The highest BCUT2D eigenvalue weighted by Crippen LogP contribution is 2.00. The highest BCUT2D eigenvalue weighted by atomic mass is 32.2. The second-order valence-electron chi connectivity index (χ2n) is 2.76. The fourth-order valence-corrected chi connectivity index (χ4v) is 1.35. The molecular formula is C7H16O4S. The lowest BCUT2D eigenvalue weighted by Gasteiger charge is -2.10. The van der Waals surface area contributed by atoms with E-state index in [2.05, 4.69) is 0 Å². The molecule has 0 saturated carbocycles. The standard InChI is InChI=1S/C7H16O4S/c1-3-5-11-7(2)4-6-12(8,9)10/h7H,3-6H2,1-2H3,(H,8,9,10). The van der Waals surface area contributed by atoms with E-state index in [4.69, 9.17) is 9.29 Å². The predicted molar refractivity (Wildman–Crippen MR) is 46.7 cm³/mol. The molecule has 0 bridgehead atoms. The first-order valence-electron chi connectivity index (χ1n) is 4.02. The molecule has 74 valence electrons. The van der Waals surface area contributed by atoms with Crippen LogP contribution in [0.1, 0.15) is 26.7 Å². The molecule has 0 aromatic carbocycles. The van der Waals surface area contributed by atoms with E-state index in [0.29, 0.717) is 13.0 Å². The Morgan fingerprint density at radius 1 is 1.50 bits per heavy atom. The Kier molecular flexibility index (Phi) is 5.44. The molecule has 0 saturated heterocycles. The van der Waals surface area contributed by atoms with Crippen molar-refractivity contribution in [1.82, 2.24) is 0 Å². The summed E-state index contributed by atoms with van der Waals surface area (Å²) in [5.41, 5.74) is 0. The first-order valence-corrected chi connectivity index (χ1v) is 5.63. The van der Waals surface area contributed by atoms with Gasteiger partial charge in [-0.2, -0.15) is 8.42 Å². The Morgan fingerprint density at radius 2 is 2.08 bits per heavy atom. The molecule has 0 heterocycles. The number of ether oxygens (including phenoxy) is 1. The largest absolute Gasteiger partial charge is 0.378 e. The van der Waals surface area contributed by atoms with Crippen molar-refractivity contribution in [2.75, 3.05) is 12.4 Å².